The normalized spacial score (nSPS) is 11.1. The highest BCUT2D eigenvalue weighted by Crippen LogP contribution is 2.30. The number of aromatic amines is 1. The van der Waals surface area contributed by atoms with Crippen molar-refractivity contribution in [3.8, 4) is 0 Å². The fourth-order valence-electron chi connectivity index (χ4n) is 1.63. The molecule has 18 heavy (non-hydrogen) atoms. The minimum atomic E-state index is -0.572. The summed E-state index contributed by atoms with van der Waals surface area (Å²) in [5.74, 6) is -0.572. The van der Waals surface area contributed by atoms with E-state index in [1.54, 1.807) is 0 Å². The van der Waals surface area contributed by atoms with Crippen LogP contribution in [0.1, 0.15) is 12.5 Å². The molecule has 0 fully saturated rings. The van der Waals surface area contributed by atoms with Gasteiger partial charge in [-0.05, 0) is 28.9 Å². The van der Waals surface area contributed by atoms with Crippen LogP contribution in [0.5, 0.6) is 0 Å². The molecule has 2 aromatic rings. The predicted molar refractivity (Wildman–Crippen MR) is 72.6 cm³/mol. The van der Waals surface area contributed by atoms with Gasteiger partial charge in [0.15, 0.2) is 11.2 Å². The van der Waals surface area contributed by atoms with Crippen LogP contribution in [0, 0.1) is 5.82 Å². The summed E-state index contributed by atoms with van der Waals surface area (Å²) in [6.07, 6.45) is 1.46. The van der Waals surface area contributed by atoms with Crippen LogP contribution in [-0.4, -0.2) is 11.6 Å². The Morgan fingerprint density at radius 2 is 2.28 bits per heavy atom. The Hall–Kier alpha value is -0.910. The average molecular weight is 335 g/mol. The minimum Gasteiger partial charge on any atom is -0.377 e. The first kappa shape index (κ1) is 13.5. The Morgan fingerprint density at radius 1 is 1.56 bits per heavy atom. The van der Waals surface area contributed by atoms with Crippen LogP contribution in [-0.2, 0) is 11.3 Å². The monoisotopic (exact) mass is 333 g/mol. The largest absolute Gasteiger partial charge is 0.377 e. The SMILES string of the molecule is CCOCc1c[nH]c2c(F)c(Br)c(Cl)cc2c1=O. The standard InChI is InChI=1S/C12H10BrClFNO2/c1-2-18-5-6-4-16-11-7(12(6)17)3-8(14)9(13)10(11)15/h3-4H,2,5H2,1H3,(H,16,17). The third kappa shape index (κ3) is 2.30. The van der Waals surface area contributed by atoms with Crippen molar-refractivity contribution < 1.29 is 9.13 Å². The fourth-order valence-corrected chi connectivity index (χ4v) is 2.14. The van der Waals surface area contributed by atoms with Gasteiger partial charge in [-0.25, -0.2) is 4.39 Å². The molecule has 96 valence electrons. The lowest BCUT2D eigenvalue weighted by Crippen LogP contribution is -2.12. The molecule has 1 aromatic heterocycles. The molecule has 0 aliphatic heterocycles. The second kappa shape index (κ2) is 5.38. The summed E-state index contributed by atoms with van der Waals surface area (Å²) in [6, 6.07) is 1.44. The molecule has 0 saturated carbocycles. The van der Waals surface area contributed by atoms with Crippen LogP contribution in [0.4, 0.5) is 4.39 Å². The summed E-state index contributed by atoms with van der Waals surface area (Å²) in [5.41, 5.74) is 0.309. The maximum Gasteiger partial charge on any atom is 0.195 e. The molecular weight excluding hydrogens is 324 g/mol. The van der Waals surface area contributed by atoms with E-state index in [1.807, 2.05) is 6.92 Å². The zero-order chi connectivity index (χ0) is 13.3. The van der Waals surface area contributed by atoms with Crippen LogP contribution in [0.15, 0.2) is 21.5 Å². The minimum absolute atomic E-state index is 0.136. The van der Waals surface area contributed by atoms with Crippen molar-refractivity contribution in [2.75, 3.05) is 6.61 Å². The van der Waals surface area contributed by atoms with Gasteiger partial charge < -0.3 is 9.72 Å². The fraction of sp³-hybridized carbons (Fsp3) is 0.250. The Morgan fingerprint density at radius 3 is 2.94 bits per heavy atom. The molecule has 0 aliphatic rings. The second-order valence-corrected chi connectivity index (χ2v) is 4.89. The number of hydrogen-bond acceptors (Lipinski definition) is 2. The van der Waals surface area contributed by atoms with Gasteiger partial charge in [0.25, 0.3) is 0 Å². The maximum atomic E-state index is 13.9. The second-order valence-electron chi connectivity index (χ2n) is 3.69. The van der Waals surface area contributed by atoms with E-state index < -0.39 is 5.82 Å². The van der Waals surface area contributed by atoms with Crippen molar-refractivity contribution in [1.82, 2.24) is 4.98 Å². The summed E-state index contributed by atoms with van der Waals surface area (Å²) in [5, 5.41) is 0.386. The highest BCUT2D eigenvalue weighted by atomic mass is 79.9. The van der Waals surface area contributed by atoms with Crippen LogP contribution in [0.2, 0.25) is 5.02 Å². The molecule has 0 aliphatic carbocycles. The summed E-state index contributed by atoms with van der Waals surface area (Å²) in [7, 11) is 0. The van der Waals surface area contributed by atoms with Gasteiger partial charge in [0, 0.05) is 18.4 Å². The molecule has 0 saturated heterocycles. The third-order valence-electron chi connectivity index (χ3n) is 2.55. The summed E-state index contributed by atoms with van der Waals surface area (Å²) in [6.45, 7) is 2.53. The van der Waals surface area contributed by atoms with Gasteiger partial charge >= 0.3 is 0 Å². The van der Waals surface area contributed by atoms with E-state index in [1.165, 1.54) is 12.3 Å². The number of pyridine rings is 1. The zero-order valence-electron chi connectivity index (χ0n) is 9.52. The van der Waals surface area contributed by atoms with Gasteiger partial charge in [-0.1, -0.05) is 11.6 Å². The first-order valence-electron chi connectivity index (χ1n) is 5.31. The molecule has 0 radical (unpaired) electrons. The van der Waals surface area contributed by atoms with E-state index in [2.05, 4.69) is 20.9 Å². The molecule has 6 heteroatoms. The van der Waals surface area contributed by atoms with Gasteiger partial charge in [0.05, 0.1) is 27.0 Å². The van der Waals surface area contributed by atoms with Crippen molar-refractivity contribution in [2.45, 2.75) is 13.5 Å². The van der Waals surface area contributed by atoms with Gasteiger partial charge in [-0.2, -0.15) is 0 Å². The van der Waals surface area contributed by atoms with Crippen molar-refractivity contribution in [3.63, 3.8) is 0 Å². The van der Waals surface area contributed by atoms with Gasteiger partial charge in [-0.15, -0.1) is 0 Å². The van der Waals surface area contributed by atoms with Crippen molar-refractivity contribution >= 4 is 38.4 Å². The van der Waals surface area contributed by atoms with Crippen LogP contribution >= 0.6 is 27.5 Å². The Kier molecular flexibility index (Phi) is 4.04. The lowest BCUT2D eigenvalue weighted by Gasteiger charge is -2.06. The van der Waals surface area contributed by atoms with E-state index in [0.29, 0.717) is 12.2 Å². The van der Waals surface area contributed by atoms with Crippen molar-refractivity contribution in [3.05, 3.63) is 43.4 Å². The van der Waals surface area contributed by atoms with E-state index in [9.17, 15) is 9.18 Å². The van der Waals surface area contributed by atoms with E-state index in [0.717, 1.165) is 0 Å². The molecule has 0 atom stereocenters. The highest BCUT2D eigenvalue weighted by molar-refractivity contribution is 9.10. The number of fused-ring (bicyclic) bond motifs is 1. The van der Waals surface area contributed by atoms with Crippen LogP contribution < -0.4 is 5.43 Å². The van der Waals surface area contributed by atoms with E-state index in [4.69, 9.17) is 16.3 Å². The van der Waals surface area contributed by atoms with Crippen molar-refractivity contribution in [2.24, 2.45) is 0 Å². The molecular formula is C12H10BrClFNO2. The van der Waals surface area contributed by atoms with Gasteiger partial charge in [0.2, 0.25) is 0 Å². The number of benzene rings is 1. The Labute approximate surface area is 116 Å². The Balaban J connectivity index is 2.68. The maximum absolute atomic E-state index is 13.9. The molecule has 1 aromatic carbocycles. The molecule has 0 amide bonds. The molecule has 1 heterocycles. The number of aromatic nitrogens is 1. The average Bonchev–Trinajstić information content (AvgIpc) is 2.36. The number of nitrogens with one attached hydrogen (secondary N) is 1. The number of H-pyrrole nitrogens is 1. The zero-order valence-corrected chi connectivity index (χ0v) is 11.9. The van der Waals surface area contributed by atoms with Gasteiger partial charge in [0.1, 0.15) is 0 Å². The number of rotatable bonds is 3. The summed E-state index contributed by atoms with van der Waals surface area (Å²) < 4.78 is 19.2. The van der Waals surface area contributed by atoms with Crippen LogP contribution in [0.25, 0.3) is 10.9 Å². The lowest BCUT2D eigenvalue weighted by molar-refractivity contribution is 0.133. The Bertz CT molecular complexity index is 657. The molecule has 1 N–H and O–H groups in total. The topological polar surface area (TPSA) is 42.1 Å². The number of halogens is 3. The quantitative estimate of drug-likeness (QED) is 0.871. The lowest BCUT2D eigenvalue weighted by atomic mass is 10.1. The van der Waals surface area contributed by atoms with E-state index >= 15 is 0 Å². The molecule has 0 unspecified atom stereocenters. The first-order valence-corrected chi connectivity index (χ1v) is 6.48. The van der Waals surface area contributed by atoms with E-state index in [-0.39, 0.29) is 32.4 Å². The van der Waals surface area contributed by atoms with Crippen LogP contribution in [0.3, 0.4) is 0 Å². The van der Waals surface area contributed by atoms with Crippen molar-refractivity contribution in [1.29, 1.82) is 0 Å². The molecule has 0 spiro atoms. The first-order chi connectivity index (χ1) is 8.56. The molecule has 0 bridgehead atoms. The molecule has 3 nitrogen and oxygen atoms in total. The molecule has 2 rings (SSSR count). The smallest absolute Gasteiger partial charge is 0.195 e. The predicted octanol–water partition coefficient (Wildman–Crippen LogP) is 3.62. The highest BCUT2D eigenvalue weighted by Gasteiger charge is 2.14. The third-order valence-corrected chi connectivity index (χ3v) is 3.85. The summed E-state index contributed by atoms with van der Waals surface area (Å²) >= 11 is 8.88. The van der Waals surface area contributed by atoms with Gasteiger partial charge in [-0.3, -0.25) is 4.79 Å². The number of ether oxygens (including phenoxy) is 1. The number of hydrogen-bond donors (Lipinski definition) is 1. The summed E-state index contributed by atoms with van der Waals surface area (Å²) in [4.78, 5) is 14.9.